The minimum absolute atomic E-state index is 0.0121. The maximum absolute atomic E-state index is 14.1. The van der Waals surface area contributed by atoms with E-state index in [9.17, 15) is 22.0 Å². The Labute approximate surface area is 186 Å². The number of halogens is 2. The zero-order chi connectivity index (χ0) is 23.3. The Morgan fingerprint density at radius 2 is 1.66 bits per heavy atom. The van der Waals surface area contributed by atoms with E-state index in [1.54, 1.807) is 0 Å². The Bertz CT molecular complexity index is 1190. The van der Waals surface area contributed by atoms with Gasteiger partial charge in [-0.2, -0.15) is 4.31 Å². The fourth-order valence-electron chi connectivity index (χ4n) is 4.04. The number of carbonyl (C=O) groups excluding carboxylic acids is 1. The van der Waals surface area contributed by atoms with Gasteiger partial charge in [-0.15, -0.1) is 0 Å². The number of nitrogens with one attached hydrogen (secondary N) is 1. The number of sulfonamides is 1. The molecule has 0 atom stereocenters. The molecule has 2 heterocycles. The van der Waals surface area contributed by atoms with Gasteiger partial charge in [-0.1, -0.05) is 45.0 Å². The molecule has 2 aromatic carbocycles. The molecule has 170 valence electrons. The van der Waals surface area contributed by atoms with Crippen LogP contribution in [0.25, 0.3) is 0 Å². The van der Waals surface area contributed by atoms with Gasteiger partial charge in [0.2, 0.25) is 10.0 Å². The Kier molecular flexibility index (Phi) is 5.45. The van der Waals surface area contributed by atoms with E-state index in [0.29, 0.717) is 17.3 Å². The van der Waals surface area contributed by atoms with Gasteiger partial charge in [-0.05, 0) is 23.1 Å². The summed E-state index contributed by atoms with van der Waals surface area (Å²) < 4.78 is 54.0. The number of aliphatic imine (C=N–C) groups is 1. The Morgan fingerprint density at radius 1 is 1.03 bits per heavy atom. The van der Waals surface area contributed by atoms with Crippen LogP contribution >= 0.6 is 0 Å². The Hall–Kier alpha value is -2.65. The summed E-state index contributed by atoms with van der Waals surface area (Å²) >= 11 is 0. The summed E-state index contributed by atoms with van der Waals surface area (Å²) in [6.07, 6.45) is 0.509. The van der Waals surface area contributed by atoms with Crippen LogP contribution in [0.2, 0.25) is 0 Å². The number of hydrogen-bond donors (Lipinski definition) is 1. The highest BCUT2D eigenvalue weighted by atomic mass is 32.2. The van der Waals surface area contributed by atoms with Gasteiger partial charge in [-0.3, -0.25) is 9.79 Å². The third-order valence-corrected chi connectivity index (χ3v) is 7.90. The van der Waals surface area contributed by atoms with E-state index in [4.69, 9.17) is 0 Å². The summed E-state index contributed by atoms with van der Waals surface area (Å²) in [5.41, 5.74) is 1.27. The van der Waals surface area contributed by atoms with Crippen molar-refractivity contribution < 1.29 is 22.0 Å². The van der Waals surface area contributed by atoms with Crippen molar-refractivity contribution in [2.75, 3.05) is 13.1 Å². The lowest BCUT2D eigenvalue weighted by molar-refractivity contribution is -0.115. The highest BCUT2D eigenvalue weighted by Crippen LogP contribution is 2.32. The van der Waals surface area contributed by atoms with Crippen molar-refractivity contribution in [3.63, 3.8) is 0 Å². The molecule has 0 unspecified atom stereocenters. The minimum atomic E-state index is -4.12. The molecule has 1 fully saturated rings. The third kappa shape index (κ3) is 4.06. The molecule has 0 aromatic heterocycles. The maximum atomic E-state index is 14.1. The predicted octanol–water partition coefficient (Wildman–Crippen LogP) is 3.36. The van der Waals surface area contributed by atoms with E-state index in [0.717, 1.165) is 22.0 Å². The molecule has 2 aliphatic rings. The SMILES string of the molecule is CC(C)(C)c1ccc(C2=NC3(CCN(S(=O)(=O)c4ccc(F)cc4F)CC3)NC2=O)cc1. The van der Waals surface area contributed by atoms with Crippen LogP contribution in [0, 0.1) is 11.6 Å². The molecular formula is C23H25F2N3O3S. The van der Waals surface area contributed by atoms with Gasteiger partial charge in [0.25, 0.3) is 5.91 Å². The lowest BCUT2D eigenvalue weighted by atomic mass is 9.86. The van der Waals surface area contributed by atoms with Crippen molar-refractivity contribution in [3.05, 3.63) is 65.2 Å². The molecule has 9 heteroatoms. The highest BCUT2D eigenvalue weighted by Gasteiger charge is 2.44. The van der Waals surface area contributed by atoms with Gasteiger partial charge in [0, 0.05) is 37.6 Å². The number of nitrogens with zero attached hydrogens (tertiary/aromatic N) is 2. The molecule has 1 spiro atoms. The fraction of sp³-hybridized carbons (Fsp3) is 0.391. The number of hydrogen-bond acceptors (Lipinski definition) is 4. The maximum Gasteiger partial charge on any atom is 0.272 e. The Balaban J connectivity index is 1.53. The lowest BCUT2D eigenvalue weighted by Gasteiger charge is -2.36. The molecule has 6 nitrogen and oxygen atoms in total. The number of amides is 1. The number of carbonyl (C=O) groups is 1. The van der Waals surface area contributed by atoms with Crippen molar-refractivity contribution in [2.24, 2.45) is 4.99 Å². The molecule has 0 aliphatic carbocycles. The molecule has 1 saturated heterocycles. The standard InChI is InChI=1S/C23H25F2N3O3S/c1-22(2,3)16-6-4-15(5-7-16)20-21(29)27-23(26-20)10-12-28(13-11-23)32(30,31)19-9-8-17(24)14-18(19)25/h4-9,14H,10-13H2,1-3H3,(H,27,29). The zero-order valence-electron chi connectivity index (χ0n) is 18.2. The van der Waals surface area contributed by atoms with Crippen LogP contribution in [0.15, 0.2) is 52.4 Å². The summed E-state index contributed by atoms with van der Waals surface area (Å²) in [7, 11) is -4.12. The van der Waals surface area contributed by atoms with Crippen LogP contribution in [0.1, 0.15) is 44.7 Å². The number of benzene rings is 2. The summed E-state index contributed by atoms with van der Waals surface area (Å²) in [5.74, 6) is -2.27. The molecule has 0 saturated carbocycles. The topological polar surface area (TPSA) is 78.8 Å². The molecule has 2 aromatic rings. The second-order valence-electron chi connectivity index (χ2n) is 9.25. The van der Waals surface area contributed by atoms with Gasteiger partial charge in [0.05, 0.1) is 0 Å². The summed E-state index contributed by atoms with van der Waals surface area (Å²) in [6.45, 7) is 6.43. The van der Waals surface area contributed by atoms with E-state index < -0.39 is 32.2 Å². The highest BCUT2D eigenvalue weighted by molar-refractivity contribution is 7.89. The average Bonchev–Trinajstić information content (AvgIpc) is 3.03. The number of rotatable bonds is 3. The summed E-state index contributed by atoms with van der Waals surface area (Å²) in [4.78, 5) is 16.7. The molecule has 0 bridgehead atoms. The van der Waals surface area contributed by atoms with Crippen LogP contribution in [0.5, 0.6) is 0 Å². The van der Waals surface area contributed by atoms with E-state index in [2.05, 4.69) is 31.1 Å². The van der Waals surface area contributed by atoms with Crippen molar-refractivity contribution in [3.8, 4) is 0 Å². The van der Waals surface area contributed by atoms with Crippen molar-refractivity contribution in [2.45, 2.75) is 49.6 Å². The van der Waals surface area contributed by atoms with Gasteiger partial charge in [0.1, 0.15) is 27.9 Å². The first-order chi connectivity index (χ1) is 14.9. The molecule has 1 N–H and O–H groups in total. The molecule has 0 radical (unpaired) electrons. The van der Waals surface area contributed by atoms with Crippen LogP contribution in [-0.4, -0.2) is 43.1 Å². The Morgan fingerprint density at radius 3 is 2.22 bits per heavy atom. The van der Waals surface area contributed by atoms with E-state index >= 15 is 0 Å². The molecular weight excluding hydrogens is 436 g/mol. The lowest BCUT2D eigenvalue weighted by Crippen LogP contribution is -2.52. The first kappa shape index (κ1) is 22.5. The smallest absolute Gasteiger partial charge is 0.272 e. The second-order valence-corrected chi connectivity index (χ2v) is 11.2. The summed E-state index contributed by atoms with van der Waals surface area (Å²) in [5, 5.41) is 2.91. The van der Waals surface area contributed by atoms with E-state index in [1.807, 2.05) is 24.3 Å². The monoisotopic (exact) mass is 461 g/mol. The average molecular weight is 462 g/mol. The van der Waals surface area contributed by atoms with Gasteiger partial charge in [-0.25, -0.2) is 17.2 Å². The van der Waals surface area contributed by atoms with Gasteiger partial charge < -0.3 is 5.32 Å². The largest absolute Gasteiger partial charge is 0.326 e. The third-order valence-electron chi connectivity index (χ3n) is 5.97. The van der Waals surface area contributed by atoms with Crippen LogP contribution < -0.4 is 5.32 Å². The minimum Gasteiger partial charge on any atom is -0.326 e. The molecule has 4 rings (SSSR count). The van der Waals surface area contributed by atoms with E-state index in [1.165, 1.54) is 0 Å². The molecule has 32 heavy (non-hydrogen) atoms. The number of piperidine rings is 1. The van der Waals surface area contributed by atoms with Crippen molar-refractivity contribution in [1.29, 1.82) is 0 Å². The first-order valence-corrected chi connectivity index (χ1v) is 11.8. The quantitative estimate of drug-likeness (QED) is 0.761. The van der Waals surface area contributed by atoms with Crippen LogP contribution in [0.3, 0.4) is 0 Å². The van der Waals surface area contributed by atoms with Crippen LogP contribution in [0.4, 0.5) is 8.78 Å². The normalized spacial score (nSPS) is 19.2. The van der Waals surface area contributed by atoms with Crippen molar-refractivity contribution in [1.82, 2.24) is 9.62 Å². The zero-order valence-corrected chi connectivity index (χ0v) is 19.0. The van der Waals surface area contributed by atoms with Gasteiger partial charge >= 0.3 is 0 Å². The predicted molar refractivity (Wildman–Crippen MR) is 117 cm³/mol. The van der Waals surface area contributed by atoms with Gasteiger partial charge in [0.15, 0.2) is 0 Å². The summed E-state index contributed by atoms with van der Waals surface area (Å²) in [6, 6.07) is 10.1. The first-order valence-electron chi connectivity index (χ1n) is 10.4. The molecule has 1 amide bonds. The molecule has 2 aliphatic heterocycles. The fourth-order valence-corrected chi connectivity index (χ4v) is 5.53. The van der Waals surface area contributed by atoms with Crippen molar-refractivity contribution >= 4 is 21.6 Å². The van der Waals surface area contributed by atoms with Crippen LogP contribution in [-0.2, 0) is 20.2 Å². The van der Waals surface area contributed by atoms with E-state index in [-0.39, 0.29) is 37.3 Å². The second kappa shape index (κ2) is 7.74.